The number of amides is 1. The molecule has 1 unspecified atom stereocenters. The second-order valence-electron chi connectivity index (χ2n) is 7.71. The Hall–Kier alpha value is -2.33. The first-order chi connectivity index (χ1) is 12.7. The Morgan fingerprint density at radius 1 is 1.07 bits per heavy atom. The van der Waals surface area contributed by atoms with E-state index in [1.54, 1.807) is 11.8 Å². The van der Waals surface area contributed by atoms with Crippen molar-refractivity contribution in [2.75, 3.05) is 11.5 Å². The second-order valence-corrected chi connectivity index (χ2v) is 8.14. The van der Waals surface area contributed by atoms with Gasteiger partial charge in [-0.1, -0.05) is 48.9 Å². The summed E-state index contributed by atoms with van der Waals surface area (Å²) in [7, 11) is 0. The molecule has 0 bridgehead atoms. The molecule has 0 fully saturated rings. The highest BCUT2D eigenvalue weighted by atomic mass is 35.5. The number of carbonyl (C=O) groups excluding carboxylic acids is 2. The predicted molar refractivity (Wildman–Crippen MR) is 107 cm³/mol. The Bertz CT molecular complexity index is 875. The van der Waals surface area contributed by atoms with Crippen LogP contribution in [-0.4, -0.2) is 24.0 Å². The normalized spacial score (nSPS) is 20.7. The highest BCUT2D eigenvalue weighted by Gasteiger charge is 2.49. The van der Waals surface area contributed by atoms with Gasteiger partial charge in [0.2, 0.25) is 0 Å². The molecule has 0 saturated heterocycles. The fourth-order valence-corrected chi connectivity index (χ4v) is 4.37. The van der Waals surface area contributed by atoms with E-state index in [9.17, 15) is 9.59 Å². The second kappa shape index (κ2) is 7.01. The summed E-state index contributed by atoms with van der Waals surface area (Å²) in [6.45, 7) is 7.99. The van der Waals surface area contributed by atoms with Crippen molar-refractivity contribution in [3.8, 4) is 0 Å². The van der Waals surface area contributed by atoms with E-state index < -0.39 is 17.4 Å². The molecule has 1 heterocycles. The lowest BCUT2D eigenvalue weighted by Gasteiger charge is -2.51. The van der Waals surface area contributed by atoms with Crippen LogP contribution in [0.4, 0.5) is 5.69 Å². The van der Waals surface area contributed by atoms with Gasteiger partial charge in [-0.2, -0.15) is 0 Å². The lowest BCUT2D eigenvalue weighted by molar-refractivity contribution is -0.153. The van der Waals surface area contributed by atoms with Crippen molar-refractivity contribution < 1.29 is 14.3 Å². The van der Waals surface area contributed by atoms with Crippen LogP contribution in [-0.2, 0) is 19.7 Å². The van der Waals surface area contributed by atoms with Gasteiger partial charge in [0.1, 0.15) is 0 Å². The highest BCUT2D eigenvalue weighted by Crippen LogP contribution is 2.50. The third-order valence-electron chi connectivity index (χ3n) is 5.27. The molecule has 142 valence electrons. The molecule has 0 saturated carbocycles. The molecular formula is C22H24ClNO3. The van der Waals surface area contributed by atoms with E-state index in [2.05, 4.69) is 6.92 Å². The first-order valence-corrected chi connectivity index (χ1v) is 9.45. The summed E-state index contributed by atoms with van der Waals surface area (Å²) >= 11 is 6.08. The quantitative estimate of drug-likeness (QED) is 0.554. The van der Waals surface area contributed by atoms with Gasteiger partial charge in [0, 0.05) is 21.7 Å². The number of anilines is 1. The average molecular weight is 386 g/mol. The van der Waals surface area contributed by atoms with Crippen molar-refractivity contribution in [3.05, 3.63) is 64.7 Å². The molecule has 3 rings (SSSR count). The number of benzene rings is 2. The minimum Gasteiger partial charge on any atom is -0.459 e. The first kappa shape index (κ1) is 19.4. The van der Waals surface area contributed by atoms with Crippen LogP contribution in [0.25, 0.3) is 0 Å². The van der Waals surface area contributed by atoms with Crippen molar-refractivity contribution in [2.45, 2.75) is 45.1 Å². The Morgan fingerprint density at radius 3 is 2.33 bits per heavy atom. The highest BCUT2D eigenvalue weighted by molar-refractivity contribution is 6.38. The van der Waals surface area contributed by atoms with Gasteiger partial charge in [0.15, 0.2) is 0 Å². The molecule has 1 amide bonds. The standard InChI is InChI=1S/C22H24ClNO3/c1-5-27-20(26)19(25)24-18-9-7-6-8-17(18)22(4,14-21(24,2)3)15-10-12-16(23)13-11-15/h6-13H,5,14H2,1-4H3. The van der Waals surface area contributed by atoms with Gasteiger partial charge in [0.25, 0.3) is 0 Å². The predicted octanol–water partition coefficient (Wildman–Crippen LogP) is 4.72. The molecule has 0 aromatic heterocycles. The number of carbonyl (C=O) groups is 2. The van der Waals surface area contributed by atoms with Crippen LogP contribution in [0.15, 0.2) is 48.5 Å². The summed E-state index contributed by atoms with van der Waals surface area (Å²) < 4.78 is 4.97. The molecule has 5 heteroatoms. The van der Waals surface area contributed by atoms with E-state index in [4.69, 9.17) is 16.3 Å². The summed E-state index contributed by atoms with van der Waals surface area (Å²) in [6.07, 6.45) is 0.657. The van der Waals surface area contributed by atoms with Crippen molar-refractivity contribution in [2.24, 2.45) is 0 Å². The van der Waals surface area contributed by atoms with Crippen LogP contribution >= 0.6 is 11.6 Å². The Morgan fingerprint density at radius 2 is 1.70 bits per heavy atom. The Balaban J connectivity index is 2.16. The van der Waals surface area contributed by atoms with E-state index >= 15 is 0 Å². The molecule has 0 aliphatic carbocycles. The molecule has 0 radical (unpaired) electrons. The van der Waals surface area contributed by atoms with E-state index in [-0.39, 0.29) is 12.0 Å². The van der Waals surface area contributed by atoms with E-state index in [1.165, 1.54) is 0 Å². The zero-order valence-corrected chi connectivity index (χ0v) is 16.8. The summed E-state index contributed by atoms with van der Waals surface area (Å²) in [6, 6.07) is 15.6. The lowest BCUT2D eigenvalue weighted by atomic mass is 9.65. The van der Waals surface area contributed by atoms with E-state index in [0.29, 0.717) is 11.4 Å². The van der Waals surface area contributed by atoms with Gasteiger partial charge in [-0.25, -0.2) is 4.79 Å². The third-order valence-corrected chi connectivity index (χ3v) is 5.52. The first-order valence-electron chi connectivity index (χ1n) is 9.07. The van der Waals surface area contributed by atoms with Gasteiger partial charge in [-0.15, -0.1) is 0 Å². The number of esters is 1. The maximum absolute atomic E-state index is 12.9. The number of ether oxygens (including phenoxy) is 1. The Kier molecular flexibility index (Phi) is 5.04. The number of nitrogens with zero attached hydrogens (tertiary/aromatic N) is 1. The van der Waals surface area contributed by atoms with E-state index in [1.807, 2.05) is 62.4 Å². The van der Waals surface area contributed by atoms with Crippen molar-refractivity contribution in [1.82, 2.24) is 0 Å². The molecule has 1 aliphatic rings. The monoisotopic (exact) mass is 385 g/mol. The van der Waals surface area contributed by atoms with Crippen LogP contribution < -0.4 is 4.90 Å². The lowest BCUT2D eigenvalue weighted by Crippen LogP contribution is -2.57. The average Bonchev–Trinajstić information content (AvgIpc) is 2.61. The van der Waals surface area contributed by atoms with Gasteiger partial charge >= 0.3 is 11.9 Å². The third kappa shape index (κ3) is 3.34. The van der Waals surface area contributed by atoms with Crippen LogP contribution in [0.2, 0.25) is 5.02 Å². The van der Waals surface area contributed by atoms with Gasteiger partial charge < -0.3 is 4.74 Å². The van der Waals surface area contributed by atoms with Gasteiger partial charge in [-0.05, 0) is 56.5 Å². The molecular weight excluding hydrogens is 362 g/mol. The smallest absolute Gasteiger partial charge is 0.397 e. The minimum absolute atomic E-state index is 0.170. The number of hydrogen-bond donors (Lipinski definition) is 0. The molecule has 4 nitrogen and oxygen atoms in total. The fraction of sp³-hybridized carbons (Fsp3) is 0.364. The van der Waals surface area contributed by atoms with Crippen LogP contribution in [0, 0.1) is 0 Å². The summed E-state index contributed by atoms with van der Waals surface area (Å²) in [5.41, 5.74) is 1.96. The molecule has 1 aliphatic heterocycles. The number of rotatable bonds is 2. The number of halogens is 1. The summed E-state index contributed by atoms with van der Waals surface area (Å²) in [5.74, 6) is -1.46. The Labute approximate surface area is 165 Å². The minimum atomic E-state index is -0.824. The number of fused-ring (bicyclic) bond motifs is 1. The molecule has 1 atom stereocenters. The fourth-order valence-electron chi connectivity index (χ4n) is 4.24. The molecule has 2 aromatic rings. The topological polar surface area (TPSA) is 46.6 Å². The maximum atomic E-state index is 12.9. The van der Waals surface area contributed by atoms with Crippen LogP contribution in [0.1, 0.15) is 45.2 Å². The molecule has 27 heavy (non-hydrogen) atoms. The molecule has 0 spiro atoms. The van der Waals surface area contributed by atoms with E-state index in [0.717, 1.165) is 16.8 Å². The molecule has 0 N–H and O–H groups in total. The van der Waals surface area contributed by atoms with Gasteiger partial charge in [-0.3, -0.25) is 9.69 Å². The number of hydrogen-bond acceptors (Lipinski definition) is 3. The van der Waals surface area contributed by atoms with Crippen molar-refractivity contribution in [1.29, 1.82) is 0 Å². The maximum Gasteiger partial charge on any atom is 0.397 e. The van der Waals surface area contributed by atoms with Gasteiger partial charge in [0.05, 0.1) is 6.61 Å². The number of para-hydroxylation sites is 1. The summed E-state index contributed by atoms with van der Waals surface area (Å²) in [4.78, 5) is 26.7. The van der Waals surface area contributed by atoms with Crippen molar-refractivity contribution in [3.63, 3.8) is 0 Å². The zero-order chi connectivity index (χ0) is 19.8. The van der Waals surface area contributed by atoms with Crippen LogP contribution in [0.5, 0.6) is 0 Å². The molecule has 2 aromatic carbocycles. The zero-order valence-electron chi connectivity index (χ0n) is 16.1. The SMILES string of the molecule is CCOC(=O)C(=O)N1c2ccccc2C(C)(c2ccc(Cl)cc2)CC1(C)C. The van der Waals surface area contributed by atoms with Crippen molar-refractivity contribution >= 4 is 29.2 Å². The van der Waals surface area contributed by atoms with Crippen LogP contribution in [0.3, 0.4) is 0 Å². The summed E-state index contributed by atoms with van der Waals surface area (Å²) in [5, 5.41) is 0.685. The largest absolute Gasteiger partial charge is 0.459 e.